The first-order valence-electron chi connectivity index (χ1n) is 4.53. The number of rotatable bonds is 3. The van der Waals surface area contributed by atoms with Gasteiger partial charge in [0.25, 0.3) is 0 Å². The number of ether oxygens (including phenoxy) is 2. The van der Waals surface area contributed by atoms with Crippen LogP contribution in [0.2, 0.25) is 0 Å². The van der Waals surface area contributed by atoms with E-state index in [2.05, 4.69) is 19.7 Å². The van der Waals surface area contributed by atoms with E-state index in [1.807, 2.05) is 0 Å². The van der Waals surface area contributed by atoms with Gasteiger partial charge in [-0.15, -0.1) is 0 Å². The maximum atomic E-state index is 11.1. The Hall–Kier alpha value is -2.18. The molecule has 0 amide bonds. The summed E-state index contributed by atoms with van der Waals surface area (Å²) >= 11 is 0. The number of carbonyl (C=O) groups is 1. The van der Waals surface area contributed by atoms with E-state index in [1.165, 1.54) is 26.9 Å². The third kappa shape index (κ3) is 1.67. The number of nitrogens with zero attached hydrogens (tertiary/aromatic N) is 4. The van der Waals surface area contributed by atoms with Crippen molar-refractivity contribution in [2.24, 2.45) is 0 Å². The van der Waals surface area contributed by atoms with Crippen LogP contribution in [0, 0.1) is 0 Å². The Morgan fingerprint density at radius 1 is 1.38 bits per heavy atom. The molecular weight excluding hydrogens is 212 g/mol. The van der Waals surface area contributed by atoms with Crippen LogP contribution in [0.15, 0.2) is 12.7 Å². The lowest BCUT2D eigenvalue weighted by molar-refractivity contribution is -0.141. The van der Waals surface area contributed by atoms with Gasteiger partial charge in [-0.1, -0.05) is 0 Å². The van der Waals surface area contributed by atoms with E-state index >= 15 is 0 Å². The molecule has 0 spiro atoms. The highest BCUT2D eigenvalue weighted by Gasteiger charge is 2.12. The topological polar surface area (TPSA) is 79.1 Å². The Kier molecular flexibility index (Phi) is 2.67. The second-order valence-electron chi connectivity index (χ2n) is 3.00. The van der Waals surface area contributed by atoms with Crippen LogP contribution < -0.4 is 4.74 Å². The van der Waals surface area contributed by atoms with Crippen molar-refractivity contribution in [3.05, 3.63) is 12.7 Å². The largest absolute Gasteiger partial charge is 0.479 e. The molecule has 0 aliphatic heterocycles. The molecule has 0 aliphatic carbocycles. The van der Waals surface area contributed by atoms with Crippen LogP contribution in [0.25, 0.3) is 11.2 Å². The molecule has 0 saturated carbocycles. The van der Waals surface area contributed by atoms with Crippen molar-refractivity contribution in [1.29, 1.82) is 0 Å². The van der Waals surface area contributed by atoms with Crippen molar-refractivity contribution < 1.29 is 14.3 Å². The molecule has 2 heterocycles. The van der Waals surface area contributed by atoms with E-state index in [1.54, 1.807) is 4.57 Å². The molecule has 0 saturated heterocycles. The van der Waals surface area contributed by atoms with Crippen LogP contribution in [0.4, 0.5) is 0 Å². The minimum atomic E-state index is -0.364. The van der Waals surface area contributed by atoms with Crippen molar-refractivity contribution in [2.45, 2.75) is 6.54 Å². The zero-order chi connectivity index (χ0) is 11.5. The maximum Gasteiger partial charge on any atom is 0.325 e. The van der Waals surface area contributed by atoms with Crippen LogP contribution in [0.3, 0.4) is 0 Å². The van der Waals surface area contributed by atoms with Gasteiger partial charge in [-0.3, -0.25) is 4.79 Å². The number of esters is 1. The Balaban J connectivity index is 2.45. The summed E-state index contributed by atoms with van der Waals surface area (Å²) in [4.78, 5) is 23.2. The fourth-order valence-electron chi connectivity index (χ4n) is 1.33. The van der Waals surface area contributed by atoms with E-state index in [9.17, 15) is 4.79 Å². The quantitative estimate of drug-likeness (QED) is 0.680. The molecule has 0 radical (unpaired) electrons. The van der Waals surface area contributed by atoms with Gasteiger partial charge in [0.1, 0.15) is 12.9 Å². The van der Waals surface area contributed by atoms with Gasteiger partial charge < -0.3 is 14.0 Å². The highest BCUT2D eigenvalue weighted by atomic mass is 16.5. The van der Waals surface area contributed by atoms with E-state index < -0.39 is 0 Å². The van der Waals surface area contributed by atoms with Crippen molar-refractivity contribution in [3.8, 4) is 5.88 Å². The number of imidazole rings is 1. The van der Waals surface area contributed by atoms with Gasteiger partial charge >= 0.3 is 5.97 Å². The Labute approximate surface area is 91.0 Å². The molecule has 2 aromatic heterocycles. The van der Waals surface area contributed by atoms with Gasteiger partial charge in [0.2, 0.25) is 5.88 Å². The maximum absolute atomic E-state index is 11.1. The zero-order valence-electron chi connectivity index (χ0n) is 8.88. The first-order chi connectivity index (χ1) is 7.76. The van der Waals surface area contributed by atoms with Crippen molar-refractivity contribution in [2.75, 3.05) is 14.2 Å². The number of hydrogen-bond donors (Lipinski definition) is 0. The molecule has 2 aromatic rings. The van der Waals surface area contributed by atoms with Crippen molar-refractivity contribution in [3.63, 3.8) is 0 Å². The summed E-state index contributed by atoms with van der Waals surface area (Å²) in [5, 5.41) is 0. The summed E-state index contributed by atoms with van der Waals surface area (Å²) in [6.07, 6.45) is 2.86. The molecule has 0 unspecified atom stereocenters. The van der Waals surface area contributed by atoms with E-state index in [0.29, 0.717) is 17.0 Å². The SMILES string of the molecule is COC(=O)Cn1cnc2c(OC)ncnc21. The van der Waals surface area contributed by atoms with Crippen molar-refractivity contribution >= 4 is 17.1 Å². The smallest absolute Gasteiger partial charge is 0.325 e. The van der Waals surface area contributed by atoms with E-state index in [-0.39, 0.29) is 12.5 Å². The summed E-state index contributed by atoms with van der Waals surface area (Å²) in [7, 11) is 2.83. The molecule has 7 nitrogen and oxygen atoms in total. The molecule has 0 aliphatic rings. The van der Waals surface area contributed by atoms with Crippen LogP contribution in [0.5, 0.6) is 5.88 Å². The monoisotopic (exact) mass is 222 g/mol. The second kappa shape index (κ2) is 4.13. The van der Waals surface area contributed by atoms with Gasteiger partial charge in [-0.25, -0.2) is 9.97 Å². The number of hydrogen-bond acceptors (Lipinski definition) is 6. The van der Waals surface area contributed by atoms with Crippen molar-refractivity contribution in [1.82, 2.24) is 19.5 Å². The minimum Gasteiger partial charge on any atom is -0.479 e. The van der Waals surface area contributed by atoms with Crippen LogP contribution >= 0.6 is 0 Å². The predicted octanol–water partition coefficient (Wildman–Crippen LogP) is 0.00790. The molecule has 0 fully saturated rings. The highest BCUT2D eigenvalue weighted by Crippen LogP contribution is 2.18. The predicted molar refractivity (Wildman–Crippen MR) is 53.9 cm³/mol. The lowest BCUT2D eigenvalue weighted by atomic mass is 10.5. The number of carbonyl (C=O) groups excluding carboxylic acids is 1. The summed E-state index contributed by atoms with van der Waals surface area (Å²) in [5.74, 6) is 0.0190. The first kappa shape index (κ1) is 10.3. The van der Waals surface area contributed by atoms with Gasteiger partial charge in [0.05, 0.1) is 20.5 Å². The van der Waals surface area contributed by atoms with Crippen LogP contribution in [0.1, 0.15) is 0 Å². The zero-order valence-corrected chi connectivity index (χ0v) is 8.88. The van der Waals surface area contributed by atoms with Gasteiger partial charge in [-0.2, -0.15) is 4.98 Å². The summed E-state index contributed by atoms with van der Waals surface area (Å²) in [5.41, 5.74) is 1.06. The highest BCUT2D eigenvalue weighted by molar-refractivity contribution is 5.78. The number of methoxy groups -OCH3 is 2. The summed E-state index contributed by atoms with van der Waals surface area (Å²) < 4.78 is 11.2. The molecule has 2 rings (SSSR count). The Bertz CT molecular complexity index is 522. The number of fused-ring (bicyclic) bond motifs is 1. The average Bonchev–Trinajstić information content (AvgIpc) is 2.72. The molecular formula is C9H10N4O3. The van der Waals surface area contributed by atoms with Crippen LogP contribution in [-0.4, -0.2) is 39.7 Å². The summed E-state index contributed by atoms with van der Waals surface area (Å²) in [6.45, 7) is 0.0627. The molecule has 0 atom stereocenters. The Morgan fingerprint density at radius 2 is 2.19 bits per heavy atom. The summed E-state index contributed by atoms with van der Waals surface area (Å²) in [6, 6.07) is 0. The fraction of sp³-hybridized carbons (Fsp3) is 0.333. The molecule has 16 heavy (non-hydrogen) atoms. The lowest BCUT2D eigenvalue weighted by Gasteiger charge is -2.02. The molecule has 0 N–H and O–H groups in total. The van der Waals surface area contributed by atoms with Crippen LogP contribution in [-0.2, 0) is 16.1 Å². The van der Waals surface area contributed by atoms with Gasteiger partial charge in [-0.05, 0) is 0 Å². The normalized spacial score (nSPS) is 10.4. The fourth-order valence-corrected chi connectivity index (χ4v) is 1.33. The molecule has 0 aromatic carbocycles. The Morgan fingerprint density at radius 3 is 2.88 bits per heavy atom. The van der Waals surface area contributed by atoms with Gasteiger partial charge in [0.15, 0.2) is 11.2 Å². The molecule has 0 bridgehead atoms. The third-order valence-corrected chi connectivity index (χ3v) is 2.09. The number of aromatic nitrogens is 4. The first-order valence-corrected chi connectivity index (χ1v) is 4.53. The van der Waals surface area contributed by atoms with E-state index in [4.69, 9.17) is 4.74 Å². The van der Waals surface area contributed by atoms with E-state index in [0.717, 1.165) is 0 Å². The molecule has 84 valence electrons. The minimum absolute atomic E-state index is 0.0627. The second-order valence-corrected chi connectivity index (χ2v) is 3.00. The third-order valence-electron chi connectivity index (χ3n) is 2.09. The average molecular weight is 222 g/mol. The standard InChI is InChI=1S/C9H10N4O3/c1-15-6(14)3-13-5-12-7-8(13)10-4-11-9(7)16-2/h4-5H,3H2,1-2H3. The molecule has 7 heteroatoms. The lowest BCUT2D eigenvalue weighted by Crippen LogP contribution is -2.11. The van der Waals surface area contributed by atoms with Gasteiger partial charge in [0, 0.05) is 0 Å².